The molecule has 0 aliphatic carbocycles. The van der Waals surface area contributed by atoms with Crippen LogP contribution in [0.3, 0.4) is 0 Å². The molecule has 182 valence electrons. The van der Waals surface area contributed by atoms with Crippen LogP contribution in [-0.2, 0) is 16.0 Å². The maximum Gasteiger partial charge on any atom is 0.265 e. The van der Waals surface area contributed by atoms with E-state index >= 15 is 0 Å². The van der Waals surface area contributed by atoms with Crippen molar-refractivity contribution in [2.24, 2.45) is 0 Å². The number of benzene rings is 2. The number of anilines is 2. The molecule has 1 saturated heterocycles. The molecule has 1 N–H and O–H groups in total. The van der Waals surface area contributed by atoms with Gasteiger partial charge < -0.3 is 29.3 Å². The highest BCUT2D eigenvalue weighted by atomic mass is 16.5. The summed E-state index contributed by atoms with van der Waals surface area (Å²) in [6.45, 7) is 3.67. The highest BCUT2D eigenvalue weighted by molar-refractivity contribution is 5.99. The number of nitrogens with zero attached hydrogens (tertiary/aromatic N) is 2. The van der Waals surface area contributed by atoms with E-state index in [0.717, 1.165) is 25.2 Å². The third-order valence-corrected chi connectivity index (χ3v) is 6.36. The Morgan fingerprint density at radius 1 is 1.00 bits per heavy atom. The molecule has 0 atom stereocenters. The average molecular weight is 468 g/mol. The minimum absolute atomic E-state index is 0.0457. The zero-order valence-electron chi connectivity index (χ0n) is 20.0. The van der Waals surface area contributed by atoms with E-state index < -0.39 is 0 Å². The van der Waals surface area contributed by atoms with Crippen LogP contribution in [0.2, 0.25) is 0 Å². The smallest absolute Gasteiger partial charge is 0.265 e. The van der Waals surface area contributed by atoms with Gasteiger partial charge in [0.2, 0.25) is 5.91 Å². The standard InChI is InChI=1S/C26H33N3O5/c1-32-23-9-6-19(16-24(23)33-2)7-11-25(30)27-20-8-10-22-21(17-20)29(26(31)18-34-22)15-14-28-12-4-3-5-13-28/h6,8-10,16-17H,3-5,7,11-15,18H2,1-2H3,(H,27,30). The molecule has 0 aromatic heterocycles. The molecule has 2 amide bonds. The Labute approximate surface area is 200 Å². The molecular formula is C26H33N3O5. The summed E-state index contributed by atoms with van der Waals surface area (Å²) in [4.78, 5) is 29.4. The van der Waals surface area contributed by atoms with E-state index in [1.165, 1.54) is 19.3 Å². The quantitative estimate of drug-likeness (QED) is 0.608. The molecule has 1 fully saturated rings. The summed E-state index contributed by atoms with van der Waals surface area (Å²) in [6, 6.07) is 11.1. The minimum Gasteiger partial charge on any atom is -0.493 e. The first-order valence-electron chi connectivity index (χ1n) is 11.9. The highest BCUT2D eigenvalue weighted by Crippen LogP contribution is 2.35. The van der Waals surface area contributed by atoms with Gasteiger partial charge in [-0.3, -0.25) is 9.59 Å². The van der Waals surface area contributed by atoms with Crippen LogP contribution in [0.15, 0.2) is 36.4 Å². The zero-order chi connectivity index (χ0) is 23.9. The van der Waals surface area contributed by atoms with Crippen molar-refractivity contribution < 1.29 is 23.8 Å². The van der Waals surface area contributed by atoms with Crippen molar-refractivity contribution in [1.82, 2.24) is 4.90 Å². The lowest BCUT2D eigenvalue weighted by molar-refractivity contribution is -0.121. The summed E-state index contributed by atoms with van der Waals surface area (Å²) in [5.41, 5.74) is 2.35. The van der Waals surface area contributed by atoms with Crippen molar-refractivity contribution in [3.8, 4) is 17.2 Å². The topological polar surface area (TPSA) is 80.3 Å². The number of carbonyl (C=O) groups excluding carboxylic acids is 2. The van der Waals surface area contributed by atoms with Crippen molar-refractivity contribution in [1.29, 1.82) is 0 Å². The van der Waals surface area contributed by atoms with Crippen LogP contribution < -0.4 is 24.4 Å². The summed E-state index contributed by atoms with van der Waals surface area (Å²) in [6.07, 6.45) is 4.60. The first-order valence-corrected chi connectivity index (χ1v) is 11.9. The van der Waals surface area contributed by atoms with Gasteiger partial charge in [-0.05, 0) is 68.2 Å². The maximum atomic E-state index is 12.6. The number of rotatable bonds is 9. The van der Waals surface area contributed by atoms with Gasteiger partial charge in [0.05, 0.1) is 19.9 Å². The van der Waals surface area contributed by atoms with Gasteiger partial charge in [-0.2, -0.15) is 0 Å². The lowest BCUT2D eigenvalue weighted by Gasteiger charge is -2.33. The molecule has 0 saturated carbocycles. The van der Waals surface area contributed by atoms with Gasteiger partial charge >= 0.3 is 0 Å². The number of likely N-dealkylation sites (tertiary alicyclic amines) is 1. The molecule has 2 aromatic carbocycles. The number of hydrogen-bond acceptors (Lipinski definition) is 6. The summed E-state index contributed by atoms with van der Waals surface area (Å²) < 4.78 is 16.2. The largest absolute Gasteiger partial charge is 0.493 e. The lowest BCUT2D eigenvalue weighted by Crippen LogP contribution is -2.44. The maximum absolute atomic E-state index is 12.6. The van der Waals surface area contributed by atoms with Crippen LogP contribution in [0.5, 0.6) is 17.2 Å². The third-order valence-electron chi connectivity index (χ3n) is 6.36. The Hall–Kier alpha value is -3.26. The number of aryl methyl sites for hydroxylation is 1. The SMILES string of the molecule is COc1ccc(CCC(=O)Nc2ccc3c(c2)N(CCN2CCCCC2)C(=O)CO3)cc1OC. The van der Waals surface area contributed by atoms with Gasteiger partial charge in [-0.15, -0.1) is 0 Å². The summed E-state index contributed by atoms with van der Waals surface area (Å²) in [5.74, 6) is 1.82. The molecule has 2 aliphatic rings. The molecule has 4 rings (SSSR count). The third kappa shape index (κ3) is 5.80. The molecule has 8 heteroatoms. The Bertz CT molecular complexity index is 1020. The van der Waals surface area contributed by atoms with E-state index in [0.29, 0.717) is 48.0 Å². The van der Waals surface area contributed by atoms with Crippen LogP contribution in [0.25, 0.3) is 0 Å². The number of ether oxygens (including phenoxy) is 3. The molecule has 34 heavy (non-hydrogen) atoms. The Kier molecular flexibility index (Phi) is 7.90. The van der Waals surface area contributed by atoms with E-state index in [2.05, 4.69) is 10.2 Å². The highest BCUT2D eigenvalue weighted by Gasteiger charge is 2.26. The van der Waals surface area contributed by atoms with Crippen molar-refractivity contribution in [2.75, 3.05) is 57.2 Å². The van der Waals surface area contributed by atoms with Gasteiger partial charge in [-0.1, -0.05) is 12.5 Å². The fourth-order valence-corrected chi connectivity index (χ4v) is 4.47. The van der Waals surface area contributed by atoms with Gasteiger partial charge in [0.25, 0.3) is 5.91 Å². The van der Waals surface area contributed by atoms with E-state index in [-0.39, 0.29) is 18.4 Å². The van der Waals surface area contributed by atoms with Crippen molar-refractivity contribution in [3.05, 3.63) is 42.0 Å². The summed E-state index contributed by atoms with van der Waals surface area (Å²) >= 11 is 0. The molecule has 0 spiro atoms. The molecule has 2 aliphatic heterocycles. The molecule has 0 bridgehead atoms. The number of amides is 2. The molecule has 0 radical (unpaired) electrons. The fourth-order valence-electron chi connectivity index (χ4n) is 4.47. The van der Waals surface area contributed by atoms with Crippen molar-refractivity contribution >= 4 is 23.2 Å². The predicted molar refractivity (Wildman–Crippen MR) is 131 cm³/mol. The average Bonchev–Trinajstić information content (AvgIpc) is 2.87. The number of carbonyl (C=O) groups is 2. The Morgan fingerprint density at radius 2 is 1.79 bits per heavy atom. The van der Waals surface area contributed by atoms with E-state index in [9.17, 15) is 9.59 Å². The lowest BCUT2D eigenvalue weighted by atomic mass is 10.1. The Morgan fingerprint density at radius 3 is 2.56 bits per heavy atom. The van der Waals surface area contributed by atoms with Crippen LogP contribution in [-0.4, -0.2) is 63.7 Å². The molecule has 2 heterocycles. The minimum atomic E-state index is -0.0994. The normalized spacial score (nSPS) is 15.9. The van der Waals surface area contributed by atoms with Crippen molar-refractivity contribution in [3.63, 3.8) is 0 Å². The van der Waals surface area contributed by atoms with Gasteiger partial charge in [0, 0.05) is 25.2 Å². The van der Waals surface area contributed by atoms with Gasteiger partial charge in [-0.25, -0.2) is 0 Å². The Balaban J connectivity index is 1.37. The van der Waals surface area contributed by atoms with Crippen LogP contribution in [0, 0.1) is 0 Å². The number of methoxy groups -OCH3 is 2. The second kappa shape index (κ2) is 11.2. The van der Waals surface area contributed by atoms with E-state index in [1.54, 1.807) is 19.1 Å². The molecule has 8 nitrogen and oxygen atoms in total. The fraction of sp³-hybridized carbons (Fsp3) is 0.462. The van der Waals surface area contributed by atoms with Crippen LogP contribution in [0.1, 0.15) is 31.2 Å². The summed E-state index contributed by atoms with van der Waals surface area (Å²) in [5, 5.41) is 2.96. The van der Waals surface area contributed by atoms with Crippen LogP contribution in [0.4, 0.5) is 11.4 Å². The zero-order valence-corrected chi connectivity index (χ0v) is 20.0. The van der Waals surface area contributed by atoms with Gasteiger partial charge in [0.15, 0.2) is 18.1 Å². The van der Waals surface area contributed by atoms with Crippen LogP contribution >= 0.6 is 0 Å². The summed E-state index contributed by atoms with van der Waals surface area (Å²) in [7, 11) is 3.19. The number of fused-ring (bicyclic) bond motifs is 1. The number of nitrogens with one attached hydrogen (secondary N) is 1. The first kappa shape index (κ1) is 23.9. The van der Waals surface area contributed by atoms with Gasteiger partial charge in [0.1, 0.15) is 5.75 Å². The monoisotopic (exact) mass is 467 g/mol. The molecular weight excluding hydrogens is 434 g/mol. The second-order valence-electron chi connectivity index (χ2n) is 8.66. The van der Waals surface area contributed by atoms with E-state index in [4.69, 9.17) is 14.2 Å². The van der Waals surface area contributed by atoms with Crippen molar-refractivity contribution in [2.45, 2.75) is 32.1 Å². The first-order chi connectivity index (χ1) is 16.6. The number of hydrogen-bond donors (Lipinski definition) is 1. The van der Waals surface area contributed by atoms with E-state index in [1.807, 2.05) is 36.4 Å². The number of piperidine rings is 1. The molecule has 0 unspecified atom stereocenters. The predicted octanol–water partition coefficient (Wildman–Crippen LogP) is 3.49. The second-order valence-corrected chi connectivity index (χ2v) is 8.66. The molecule has 2 aromatic rings.